The van der Waals surface area contributed by atoms with E-state index in [0.717, 1.165) is 6.54 Å². The third-order valence-electron chi connectivity index (χ3n) is 2.71. The van der Waals surface area contributed by atoms with Crippen LogP contribution < -0.4 is 0 Å². The first-order valence-electron chi connectivity index (χ1n) is 7.39. The summed E-state index contributed by atoms with van der Waals surface area (Å²) >= 11 is 0. The minimum absolute atomic E-state index is 0.209. The van der Waals surface area contributed by atoms with Crippen LogP contribution in [0.15, 0.2) is 0 Å². The SMILES string of the molecule is CCOCCN(C)C[C@@](C)(O)CN(C)C(=O)OC(C)(C)C. The molecule has 6 nitrogen and oxygen atoms in total. The Kier molecular flexibility index (Phi) is 8.21. The molecule has 0 radical (unpaired) electrons. The first kappa shape index (κ1) is 20.1. The van der Waals surface area contributed by atoms with Crippen LogP contribution in [0.3, 0.4) is 0 Å². The highest BCUT2D eigenvalue weighted by Gasteiger charge is 2.28. The van der Waals surface area contributed by atoms with Gasteiger partial charge in [-0.2, -0.15) is 0 Å². The largest absolute Gasteiger partial charge is 0.444 e. The molecule has 0 aliphatic rings. The van der Waals surface area contributed by atoms with E-state index in [9.17, 15) is 9.90 Å². The fourth-order valence-electron chi connectivity index (χ4n) is 1.99. The van der Waals surface area contributed by atoms with E-state index in [2.05, 4.69) is 0 Å². The summed E-state index contributed by atoms with van der Waals surface area (Å²) in [5.41, 5.74) is -1.54. The zero-order valence-corrected chi connectivity index (χ0v) is 14.6. The highest BCUT2D eigenvalue weighted by molar-refractivity contribution is 5.67. The molecule has 0 aliphatic carbocycles. The number of aliphatic hydroxyl groups is 1. The van der Waals surface area contributed by atoms with Crippen molar-refractivity contribution in [2.75, 3.05) is 46.9 Å². The average Bonchev–Trinajstić information content (AvgIpc) is 2.25. The van der Waals surface area contributed by atoms with Crippen molar-refractivity contribution in [3.63, 3.8) is 0 Å². The summed E-state index contributed by atoms with van der Waals surface area (Å²) in [6, 6.07) is 0. The van der Waals surface area contributed by atoms with Gasteiger partial charge in [0, 0.05) is 26.7 Å². The molecule has 0 bridgehead atoms. The minimum atomic E-state index is -1.01. The standard InChI is InChI=1S/C15H32N2O4/c1-8-20-10-9-16(6)11-15(5,19)12-17(7)13(18)21-14(2,3)4/h19H,8-12H2,1-7H3/t15-/m1/s1. The second-order valence-corrected chi connectivity index (χ2v) is 6.77. The van der Waals surface area contributed by atoms with Gasteiger partial charge in [-0.05, 0) is 41.7 Å². The van der Waals surface area contributed by atoms with Crippen LogP contribution in [-0.4, -0.2) is 79.1 Å². The molecule has 6 heteroatoms. The molecule has 0 saturated heterocycles. The number of hydrogen-bond donors (Lipinski definition) is 1. The summed E-state index contributed by atoms with van der Waals surface area (Å²) < 4.78 is 10.6. The average molecular weight is 304 g/mol. The molecule has 0 aromatic heterocycles. The van der Waals surface area contributed by atoms with Crippen LogP contribution in [0.1, 0.15) is 34.6 Å². The maximum Gasteiger partial charge on any atom is 0.410 e. The van der Waals surface area contributed by atoms with Crippen LogP contribution in [0, 0.1) is 0 Å². The molecule has 0 saturated carbocycles. The molecule has 0 aromatic carbocycles. The van der Waals surface area contributed by atoms with Crippen molar-refractivity contribution in [2.45, 2.75) is 45.8 Å². The molecule has 0 aliphatic heterocycles. The lowest BCUT2D eigenvalue weighted by molar-refractivity contribution is -0.0189. The van der Waals surface area contributed by atoms with Crippen LogP contribution in [0.2, 0.25) is 0 Å². The molecule has 21 heavy (non-hydrogen) atoms. The lowest BCUT2D eigenvalue weighted by atomic mass is 10.1. The highest BCUT2D eigenvalue weighted by Crippen LogP contribution is 2.12. The Morgan fingerprint density at radius 3 is 2.19 bits per heavy atom. The van der Waals surface area contributed by atoms with Gasteiger partial charge in [-0.25, -0.2) is 4.79 Å². The van der Waals surface area contributed by atoms with Gasteiger partial charge in [-0.3, -0.25) is 0 Å². The van der Waals surface area contributed by atoms with Gasteiger partial charge in [0.1, 0.15) is 5.60 Å². The van der Waals surface area contributed by atoms with Crippen molar-refractivity contribution in [1.29, 1.82) is 0 Å². The van der Waals surface area contributed by atoms with Gasteiger partial charge in [-0.15, -0.1) is 0 Å². The van der Waals surface area contributed by atoms with Gasteiger partial charge in [0.05, 0.1) is 18.8 Å². The molecule has 1 atom stereocenters. The summed E-state index contributed by atoms with van der Waals surface area (Å²) in [5, 5.41) is 10.4. The zero-order valence-electron chi connectivity index (χ0n) is 14.6. The molecule has 0 heterocycles. The number of carbonyl (C=O) groups excluding carboxylic acids is 1. The van der Waals surface area contributed by atoms with E-state index in [1.807, 2.05) is 39.6 Å². The zero-order chi connectivity index (χ0) is 16.7. The van der Waals surface area contributed by atoms with E-state index in [1.165, 1.54) is 4.90 Å². The number of hydrogen-bond acceptors (Lipinski definition) is 5. The first-order chi connectivity index (χ1) is 9.47. The van der Waals surface area contributed by atoms with Crippen molar-refractivity contribution in [3.8, 4) is 0 Å². The lowest BCUT2D eigenvalue weighted by Crippen LogP contribution is -2.49. The number of likely N-dealkylation sites (N-methyl/N-ethyl adjacent to an activating group) is 2. The highest BCUT2D eigenvalue weighted by atomic mass is 16.6. The van der Waals surface area contributed by atoms with Gasteiger partial charge >= 0.3 is 6.09 Å². The third-order valence-corrected chi connectivity index (χ3v) is 2.71. The summed E-state index contributed by atoms with van der Waals surface area (Å²) in [6.45, 7) is 11.8. The Labute approximate surface area is 129 Å². The molecule has 0 rings (SSSR count). The van der Waals surface area contributed by atoms with Gasteiger partial charge in [0.25, 0.3) is 0 Å². The number of nitrogens with zero attached hydrogens (tertiary/aromatic N) is 2. The maximum absolute atomic E-state index is 11.9. The van der Waals surface area contributed by atoms with Gasteiger partial charge in [0.2, 0.25) is 0 Å². The van der Waals surface area contributed by atoms with E-state index in [1.54, 1.807) is 14.0 Å². The summed E-state index contributed by atoms with van der Waals surface area (Å²) in [6.07, 6.45) is -0.431. The second-order valence-electron chi connectivity index (χ2n) is 6.77. The number of carbonyl (C=O) groups is 1. The van der Waals surface area contributed by atoms with E-state index < -0.39 is 17.3 Å². The van der Waals surface area contributed by atoms with Crippen LogP contribution in [0.5, 0.6) is 0 Å². The van der Waals surface area contributed by atoms with Gasteiger partial charge in [0.15, 0.2) is 0 Å². The van der Waals surface area contributed by atoms with E-state index >= 15 is 0 Å². The Bertz CT molecular complexity index is 313. The molecule has 0 spiro atoms. The Morgan fingerprint density at radius 1 is 1.14 bits per heavy atom. The van der Waals surface area contributed by atoms with Crippen LogP contribution in [-0.2, 0) is 9.47 Å². The fourth-order valence-corrected chi connectivity index (χ4v) is 1.99. The van der Waals surface area contributed by atoms with Gasteiger partial charge < -0.3 is 24.4 Å². The molecular weight excluding hydrogens is 272 g/mol. The van der Waals surface area contributed by atoms with Crippen molar-refractivity contribution in [2.24, 2.45) is 0 Å². The van der Waals surface area contributed by atoms with Crippen molar-refractivity contribution < 1.29 is 19.4 Å². The van der Waals surface area contributed by atoms with Crippen LogP contribution in [0.4, 0.5) is 4.79 Å². The van der Waals surface area contributed by atoms with Crippen molar-refractivity contribution in [3.05, 3.63) is 0 Å². The Morgan fingerprint density at radius 2 is 1.71 bits per heavy atom. The third kappa shape index (κ3) is 10.5. The Balaban J connectivity index is 4.29. The van der Waals surface area contributed by atoms with E-state index in [-0.39, 0.29) is 6.54 Å². The second kappa shape index (κ2) is 8.56. The van der Waals surface area contributed by atoms with E-state index in [0.29, 0.717) is 19.8 Å². The maximum atomic E-state index is 11.9. The number of ether oxygens (including phenoxy) is 2. The van der Waals surface area contributed by atoms with E-state index in [4.69, 9.17) is 9.47 Å². The molecule has 126 valence electrons. The number of amides is 1. The minimum Gasteiger partial charge on any atom is -0.444 e. The summed E-state index contributed by atoms with van der Waals surface area (Å²) in [5.74, 6) is 0. The quantitative estimate of drug-likeness (QED) is 0.690. The summed E-state index contributed by atoms with van der Waals surface area (Å²) in [7, 11) is 3.55. The predicted molar refractivity (Wildman–Crippen MR) is 83.5 cm³/mol. The molecule has 0 fully saturated rings. The smallest absolute Gasteiger partial charge is 0.410 e. The molecular formula is C15H32N2O4. The monoisotopic (exact) mass is 304 g/mol. The molecule has 0 aromatic rings. The number of rotatable bonds is 8. The Hall–Kier alpha value is -0.850. The molecule has 1 amide bonds. The van der Waals surface area contributed by atoms with Crippen LogP contribution in [0.25, 0.3) is 0 Å². The van der Waals surface area contributed by atoms with Gasteiger partial charge in [-0.1, -0.05) is 0 Å². The lowest BCUT2D eigenvalue weighted by Gasteiger charge is -2.33. The predicted octanol–water partition coefficient (Wildman–Crippen LogP) is 1.57. The van der Waals surface area contributed by atoms with Crippen molar-refractivity contribution in [1.82, 2.24) is 9.80 Å². The van der Waals surface area contributed by atoms with Crippen LogP contribution >= 0.6 is 0 Å². The normalized spacial score (nSPS) is 14.9. The molecule has 0 unspecified atom stereocenters. The van der Waals surface area contributed by atoms with Crippen molar-refractivity contribution >= 4 is 6.09 Å². The first-order valence-corrected chi connectivity index (χ1v) is 7.39. The summed E-state index contributed by atoms with van der Waals surface area (Å²) in [4.78, 5) is 15.3. The topological polar surface area (TPSA) is 62.2 Å². The fraction of sp³-hybridized carbons (Fsp3) is 0.933. The molecule has 1 N–H and O–H groups in total.